The quantitative estimate of drug-likeness (QED) is 0.444. The van der Waals surface area contributed by atoms with E-state index in [0.717, 1.165) is 44.1 Å². The second-order valence-electron chi connectivity index (χ2n) is 7.09. The van der Waals surface area contributed by atoms with Gasteiger partial charge in [-0.2, -0.15) is 10.5 Å². The maximum atomic E-state index is 9.51. The SMILES string of the molecule is Cc1cc(C)c(C#N)c(SCc2ccccc2CSc2nc(C)cc(C)c2C#N)n1. The Kier molecular flexibility index (Phi) is 7.15. The zero-order chi connectivity index (χ0) is 21.7. The van der Waals surface area contributed by atoms with Crippen LogP contribution in [0.4, 0.5) is 0 Å². The molecule has 0 aliphatic rings. The van der Waals surface area contributed by atoms with Gasteiger partial charge in [-0.15, -0.1) is 23.5 Å². The molecule has 2 aromatic heterocycles. The number of nitrogens with zero attached hydrogens (tertiary/aromatic N) is 4. The molecule has 0 aliphatic heterocycles. The fourth-order valence-corrected chi connectivity index (χ4v) is 5.48. The Morgan fingerprint density at radius 3 is 1.50 bits per heavy atom. The number of aromatic nitrogens is 2. The Morgan fingerprint density at radius 1 is 0.733 bits per heavy atom. The summed E-state index contributed by atoms with van der Waals surface area (Å²) in [6.45, 7) is 7.80. The topological polar surface area (TPSA) is 73.4 Å². The molecule has 0 spiro atoms. The lowest BCUT2D eigenvalue weighted by Gasteiger charge is -2.12. The number of nitriles is 2. The molecule has 3 aromatic rings. The molecule has 4 nitrogen and oxygen atoms in total. The van der Waals surface area contributed by atoms with Crippen LogP contribution in [0.3, 0.4) is 0 Å². The van der Waals surface area contributed by atoms with Crippen molar-refractivity contribution in [3.63, 3.8) is 0 Å². The first-order valence-electron chi connectivity index (χ1n) is 9.52. The van der Waals surface area contributed by atoms with Crippen molar-refractivity contribution >= 4 is 23.5 Å². The molecule has 2 heterocycles. The van der Waals surface area contributed by atoms with Crippen LogP contribution in [0, 0.1) is 50.4 Å². The molecule has 0 radical (unpaired) electrons. The van der Waals surface area contributed by atoms with E-state index in [2.05, 4.69) is 34.2 Å². The summed E-state index contributed by atoms with van der Waals surface area (Å²) in [7, 11) is 0. The summed E-state index contributed by atoms with van der Waals surface area (Å²) in [5.41, 5.74) is 7.45. The van der Waals surface area contributed by atoms with Crippen LogP contribution in [0.2, 0.25) is 0 Å². The zero-order valence-corrected chi connectivity index (χ0v) is 19.1. The molecule has 6 heteroatoms. The van der Waals surface area contributed by atoms with Crippen molar-refractivity contribution in [1.29, 1.82) is 10.5 Å². The minimum Gasteiger partial charge on any atom is -0.245 e. The molecular weight excluding hydrogens is 408 g/mol. The maximum absolute atomic E-state index is 9.51. The van der Waals surface area contributed by atoms with Gasteiger partial charge in [-0.1, -0.05) is 24.3 Å². The van der Waals surface area contributed by atoms with Gasteiger partial charge in [0.25, 0.3) is 0 Å². The molecule has 0 saturated carbocycles. The number of thioether (sulfide) groups is 2. The van der Waals surface area contributed by atoms with Gasteiger partial charge in [0.2, 0.25) is 0 Å². The Labute approximate surface area is 186 Å². The summed E-state index contributed by atoms with van der Waals surface area (Å²) < 4.78 is 0. The van der Waals surface area contributed by atoms with Crippen molar-refractivity contribution in [2.75, 3.05) is 0 Å². The largest absolute Gasteiger partial charge is 0.245 e. The highest BCUT2D eigenvalue weighted by atomic mass is 32.2. The lowest BCUT2D eigenvalue weighted by atomic mass is 10.1. The van der Waals surface area contributed by atoms with Crippen molar-refractivity contribution in [2.45, 2.75) is 49.3 Å². The highest BCUT2D eigenvalue weighted by Gasteiger charge is 2.13. The number of hydrogen-bond donors (Lipinski definition) is 0. The normalized spacial score (nSPS) is 10.5. The molecule has 0 unspecified atom stereocenters. The Hall–Kier alpha value is -2.80. The number of aryl methyl sites for hydroxylation is 4. The molecular formula is C24H22N4S2. The third kappa shape index (κ3) is 5.02. The fraction of sp³-hybridized carbons (Fsp3) is 0.250. The summed E-state index contributed by atoms with van der Waals surface area (Å²) in [6, 6.07) is 16.7. The van der Waals surface area contributed by atoms with Gasteiger partial charge in [0.05, 0.1) is 11.1 Å². The van der Waals surface area contributed by atoms with Crippen molar-refractivity contribution in [3.8, 4) is 12.1 Å². The lowest BCUT2D eigenvalue weighted by Crippen LogP contribution is -1.97. The van der Waals surface area contributed by atoms with Gasteiger partial charge < -0.3 is 0 Å². The smallest absolute Gasteiger partial charge is 0.115 e. The molecule has 150 valence electrons. The monoisotopic (exact) mass is 430 g/mol. The first-order valence-corrected chi connectivity index (χ1v) is 11.5. The maximum Gasteiger partial charge on any atom is 0.115 e. The predicted molar refractivity (Wildman–Crippen MR) is 122 cm³/mol. The van der Waals surface area contributed by atoms with Crippen molar-refractivity contribution in [2.24, 2.45) is 0 Å². The summed E-state index contributed by atoms with van der Waals surface area (Å²) >= 11 is 3.18. The van der Waals surface area contributed by atoms with Gasteiger partial charge in [0.15, 0.2) is 0 Å². The van der Waals surface area contributed by atoms with Crippen molar-refractivity contribution in [1.82, 2.24) is 9.97 Å². The highest BCUT2D eigenvalue weighted by Crippen LogP contribution is 2.31. The molecule has 30 heavy (non-hydrogen) atoms. The Balaban J connectivity index is 1.80. The highest BCUT2D eigenvalue weighted by molar-refractivity contribution is 7.98. The summed E-state index contributed by atoms with van der Waals surface area (Å²) in [5, 5.41) is 20.6. The van der Waals surface area contributed by atoms with E-state index in [1.165, 1.54) is 11.1 Å². The first-order chi connectivity index (χ1) is 14.4. The third-order valence-corrected chi connectivity index (χ3v) is 6.74. The summed E-state index contributed by atoms with van der Waals surface area (Å²) in [5.74, 6) is 1.46. The van der Waals surface area contributed by atoms with E-state index in [-0.39, 0.29) is 0 Å². The van der Waals surface area contributed by atoms with E-state index >= 15 is 0 Å². The standard InChI is InChI=1S/C24H22N4S2/c1-15-9-17(3)27-23(21(15)11-25)29-13-19-7-5-6-8-20(19)14-30-24-22(12-26)16(2)10-18(4)28-24/h5-10H,13-14H2,1-4H3. The van der Waals surface area contributed by atoms with Crippen LogP contribution in [0.15, 0.2) is 46.5 Å². The van der Waals surface area contributed by atoms with Gasteiger partial charge in [0.1, 0.15) is 22.2 Å². The Bertz CT molecular complexity index is 1080. The minimum absolute atomic E-state index is 0.649. The van der Waals surface area contributed by atoms with Gasteiger partial charge >= 0.3 is 0 Å². The molecule has 1 aromatic carbocycles. The average molecular weight is 431 g/mol. The van der Waals surface area contributed by atoms with E-state index in [1.54, 1.807) is 23.5 Å². The van der Waals surface area contributed by atoms with Gasteiger partial charge in [-0.05, 0) is 62.1 Å². The van der Waals surface area contributed by atoms with E-state index in [0.29, 0.717) is 11.1 Å². The number of hydrogen-bond acceptors (Lipinski definition) is 6. The first kappa shape index (κ1) is 21.9. The predicted octanol–water partition coefficient (Wildman–Crippen LogP) is 6.04. The lowest BCUT2D eigenvalue weighted by molar-refractivity contribution is 1.03. The summed E-state index contributed by atoms with van der Waals surface area (Å²) in [4.78, 5) is 9.15. The van der Waals surface area contributed by atoms with Gasteiger partial charge in [-0.25, -0.2) is 9.97 Å². The molecule has 0 amide bonds. The van der Waals surface area contributed by atoms with E-state index < -0.39 is 0 Å². The van der Waals surface area contributed by atoms with Crippen LogP contribution < -0.4 is 0 Å². The number of rotatable bonds is 6. The van der Waals surface area contributed by atoms with Crippen LogP contribution in [0.25, 0.3) is 0 Å². The van der Waals surface area contributed by atoms with Gasteiger partial charge in [-0.3, -0.25) is 0 Å². The fourth-order valence-electron chi connectivity index (χ4n) is 3.22. The van der Waals surface area contributed by atoms with Crippen LogP contribution in [-0.4, -0.2) is 9.97 Å². The average Bonchev–Trinajstić information content (AvgIpc) is 2.70. The Morgan fingerprint density at radius 2 is 1.13 bits per heavy atom. The van der Waals surface area contributed by atoms with E-state index in [4.69, 9.17) is 0 Å². The van der Waals surface area contributed by atoms with Crippen molar-refractivity contribution < 1.29 is 0 Å². The molecule has 0 aliphatic carbocycles. The molecule has 0 N–H and O–H groups in total. The van der Waals surface area contributed by atoms with Crippen LogP contribution in [-0.2, 0) is 11.5 Å². The van der Waals surface area contributed by atoms with E-state index in [9.17, 15) is 10.5 Å². The molecule has 3 rings (SSSR count). The van der Waals surface area contributed by atoms with Crippen molar-refractivity contribution in [3.05, 3.63) is 81.2 Å². The molecule has 0 bridgehead atoms. The van der Waals surface area contributed by atoms with Crippen LogP contribution >= 0.6 is 23.5 Å². The number of benzene rings is 1. The summed E-state index contributed by atoms with van der Waals surface area (Å²) in [6.07, 6.45) is 0. The van der Waals surface area contributed by atoms with Gasteiger partial charge in [0, 0.05) is 22.9 Å². The van der Waals surface area contributed by atoms with Crippen LogP contribution in [0.1, 0.15) is 44.8 Å². The number of pyridine rings is 2. The van der Waals surface area contributed by atoms with E-state index in [1.807, 2.05) is 52.0 Å². The molecule has 0 atom stereocenters. The zero-order valence-electron chi connectivity index (χ0n) is 17.5. The third-order valence-electron chi connectivity index (χ3n) is 4.69. The molecule has 0 fully saturated rings. The van der Waals surface area contributed by atoms with Crippen LogP contribution in [0.5, 0.6) is 0 Å². The second-order valence-corrected chi connectivity index (χ2v) is 9.02. The second kappa shape index (κ2) is 9.80. The molecule has 0 saturated heterocycles. The minimum atomic E-state index is 0.649.